The molecule has 2 rings (SSSR count). The van der Waals surface area contributed by atoms with Crippen molar-refractivity contribution in [2.24, 2.45) is 0 Å². The number of ketones is 1. The molecule has 0 amide bonds. The highest BCUT2D eigenvalue weighted by atomic mass is 16.5. The summed E-state index contributed by atoms with van der Waals surface area (Å²) >= 11 is 0. The third kappa shape index (κ3) is 5.09. The van der Waals surface area contributed by atoms with Crippen LogP contribution >= 0.6 is 0 Å². The molecule has 134 valence electrons. The van der Waals surface area contributed by atoms with E-state index in [9.17, 15) is 4.79 Å². The Morgan fingerprint density at radius 2 is 1.40 bits per heavy atom. The van der Waals surface area contributed by atoms with Gasteiger partial charge in [-0.25, -0.2) is 0 Å². The Morgan fingerprint density at radius 3 is 1.88 bits per heavy atom. The number of methoxy groups -OCH3 is 1. The largest absolute Gasteiger partial charge is 0.497 e. The molecule has 0 heterocycles. The number of hydrogen-bond acceptors (Lipinski definition) is 3. The molecule has 0 N–H and O–H groups in total. The fourth-order valence-corrected chi connectivity index (χ4v) is 2.48. The predicted molar refractivity (Wildman–Crippen MR) is 102 cm³/mol. The molecular weight excluding hydrogens is 312 g/mol. The maximum Gasteiger partial charge on any atom is 0.193 e. The lowest BCUT2D eigenvalue weighted by molar-refractivity contribution is 0.103. The Labute approximate surface area is 151 Å². The molecule has 2 aromatic carbocycles. The highest BCUT2D eigenvalue weighted by Crippen LogP contribution is 2.29. The molecule has 2 aromatic rings. The number of carbonyl (C=O) groups is 1. The van der Waals surface area contributed by atoms with E-state index in [2.05, 4.69) is 20.8 Å². The van der Waals surface area contributed by atoms with Crippen LogP contribution in [0.15, 0.2) is 42.5 Å². The molecule has 0 spiro atoms. The summed E-state index contributed by atoms with van der Waals surface area (Å²) in [5, 5.41) is 0. The third-order valence-electron chi connectivity index (χ3n) is 3.81. The van der Waals surface area contributed by atoms with Crippen molar-refractivity contribution in [3.8, 4) is 11.5 Å². The average Bonchev–Trinajstić information content (AvgIpc) is 2.52. The second-order valence-electron chi connectivity index (χ2n) is 8.27. The summed E-state index contributed by atoms with van der Waals surface area (Å²) < 4.78 is 11.2. The van der Waals surface area contributed by atoms with Crippen molar-refractivity contribution in [3.05, 3.63) is 59.2 Å². The van der Waals surface area contributed by atoms with Gasteiger partial charge in [0, 0.05) is 11.1 Å². The quantitative estimate of drug-likeness (QED) is 0.699. The van der Waals surface area contributed by atoms with Crippen LogP contribution in [0.2, 0.25) is 0 Å². The lowest BCUT2D eigenvalue weighted by Crippen LogP contribution is -2.22. The summed E-state index contributed by atoms with van der Waals surface area (Å²) in [4.78, 5) is 12.9. The summed E-state index contributed by atoms with van der Waals surface area (Å²) in [5.74, 6) is 1.43. The molecule has 0 bridgehead atoms. The molecule has 0 aromatic heterocycles. The van der Waals surface area contributed by atoms with Crippen LogP contribution in [-0.4, -0.2) is 18.5 Å². The van der Waals surface area contributed by atoms with Crippen molar-refractivity contribution < 1.29 is 14.3 Å². The molecule has 3 heteroatoms. The lowest BCUT2D eigenvalue weighted by Gasteiger charge is -2.21. The Hall–Kier alpha value is -2.29. The van der Waals surface area contributed by atoms with Crippen molar-refractivity contribution in [3.63, 3.8) is 0 Å². The SMILES string of the molecule is COc1cc(C(=O)c2ccc(OC(C)(C)C)cc2)cc(C(C)(C)C)c1. The summed E-state index contributed by atoms with van der Waals surface area (Å²) in [6, 6.07) is 13.0. The summed E-state index contributed by atoms with van der Waals surface area (Å²) in [6.07, 6.45) is 0. The van der Waals surface area contributed by atoms with Gasteiger partial charge in [0.2, 0.25) is 0 Å². The van der Waals surface area contributed by atoms with Gasteiger partial charge in [-0.3, -0.25) is 4.79 Å². The van der Waals surface area contributed by atoms with Crippen molar-refractivity contribution in [2.45, 2.75) is 52.6 Å². The van der Waals surface area contributed by atoms with Crippen LogP contribution in [0.4, 0.5) is 0 Å². The van der Waals surface area contributed by atoms with Crippen molar-refractivity contribution >= 4 is 5.78 Å². The number of hydrogen-bond donors (Lipinski definition) is 0. The van der Waals surface area contributed by atoms with E-state index in [1.54, 1.807) is 25.3 Å². The van der Waals surface area contributed by atoms with Gasteiger partial charge in [0.25, 0.3) is 0 Å². The van der Waals surface area contributed by atoms with Crippen LogP contribution in [0.25, 0.3) is 0 Å². The van der Waals surface area contributed by atoms with Gasteiger partial charge in [-0.05, 0) is 74.2 Å². The Bertz CT molecular complexity index is 744. The van der Waals surface area contributed by atoms with Crippen LogP contribution in [0.5, 0.6) is 11.5 Å². The first-order valence-corrected chi connectivity index (χ1v) is 8.53. The maximum atomic E-state index is 12.9. The molecule has 0 aliphatic rings. The summed E-state index contributed by atoms with van der Waals surface area (Å²) in [6.45, 7) is 12.3. The van der Waals surface area contributed by atoms with Crippen LogP contribution in [-0.2, 0) is 5.41 Å². The van der Waals surface area contributed by atoms with Gasteiger partial charge in [0.15, 0.2) is 5.78 Å². The molecule has 25 heavy (non-hydrogen) atoms. The Balaban J connectivity index is 2.34. The van der Waals surface area contributed by atoms with Gasteiger partial charge in [-0.15, -0.1) is 0 Å². The van der Waals surface area contributed by atoms with Gasteiger partial charge in [0.1, 0.15) is 17.1 Å². The topological polar surface area (TPSA) is 35.5 Å². The fourth-order valence-electron chi connectivity index (χ4n) is 2.48. The van der Waals surface area contributed by atoms with E-state index in [4.69, 9.17) is 9.47 Å². The first kappa shape index (κ1) is 19.0. The van der Waals surface area contributed by atoms with Gasteiger partial charge in [-0.2, -0.15) is 0 Å². The summed E-state index contributed by atoms with van der Waals surface area (Å²) in [5.41, 5.74) is 2.01. The van der Waals surface area contributed by atoms with Crippen molar-refractivity contribution in [2.75, 3.05) is 7.11 Å². The molecule has 0 saturated heterocycles. The van der Waals surface area contributed by atoms with Gasteiger partial charge in [0.05, 0.1) is 7.11 Å². The smallest absolute Gasteiger partial charge is 0.193 e. The van der Waals surface area contributed by atoms with Gasteiger partial charge in [-0.1, -0.05) is 20.8 Å². The highest BCUT2D eigenvalue weighted by Gasteiger charge is 2.19. The second-order valence-corrected chi connectivity index (χ2v) is 8.27. The van der Waals surface area contributed by atoms with Gasteiger partial charge >= 0.3 is 0 Å². The van der Waals surface area contributed by atoms with Crippen molar-refractivity contribution in [1.82, 2.24) is 0 Å². The molecule has 0 aliphatic carbocycles. The fraction of sp³-hybridized carbons (Fsp3) is 0.409. The second kappa shape index (κ2) is 6.91. The minimum absolute atomic E-state index is 0.0216. The van der Waals surface area contributed by atoms with Crippen LogP contribution < -0.4 is 9.47 Å². The molecule has 0 radical (unpaired) electrons. The number of rotatable bonds is 4. The van der Waals surface area contributed by atoms with E-state index in [-0.39, 0.29) is 16.8 Å². The minimum atomic E-state index is -0.264. The minimum Gasteiger partial charge on any atom is -0.497 e. The highest BCUT2D eigenvalue weighted by molar-refractivity contribution is 6.09. The Morgan fingerprint density at radius 1 is 0.800 bits per heavy atom. The molecule has 0 saturated carbocycles. The van der Waals surface area contributed by atoms with E-state index in [1.807, 2.05) is 45.0 Å². The zero-order valence-corrected chi connectivity index (χ0v) is 16.3. The zero-order chi connectivity index (χ0) is 18.8. The molecule has 0 atom stereocenters. The lowest BCUT2D eigenvalue weighted by atomic mass is 9.85. The molecule has 0 aliphatic heterocycles. The molecule has 0 unspecified atom stereocenters. The van der Waals surface area contributed by atoms with E-state index in [1.165, 1.54) is 0 Å². The van der Waals surface area contributed by atoms with Crippen LogP contribution in [0.3, 0.4) is 0 Å². The molecule has 3 nitrogen and oxygen atoms in total. The van der Waals surface area contributed by atoms with Crippen LogP contribution in [0.1, 0.15) is 63.0 Å². The van der Waals surface area contributed by atoms with E-state index >= 15 is 0 Å². The molecular formula is C22H28O3. The van der Waals surface area contributed by atoms with Crippen molar-refractivity contribution in [1.29, 1.82) is 0 Å². The third-order valence-corrected chi connectivity index (χ3v) is 3.81. The number of ether oxygens (including phenoxy) is 2. The molecule has 0 fully saturated rings. The number of carbonyl (C=O) groups excluding carboxylic acids is 1. The maximum absolute atomic E-state index is 12.9. The summed E-state index contributed by atoms with van der Waals surface area (Å²) in [7, 11) is 1.62. The first-order chi connectivity index (χ1) is 11.5. The zero-order valence-electron chi connectivity index (χ0n) is 16.3. The van der Waals surface area contributed by atoms with E-state index in [0.717, 1.165) is 11.3 Å². The van der Waals surface area contributed by atoms with E-state index in [0.29, 0.717) is 16.9 Å². The predicted octanol–water partition coefficient (Wildman–Crippen LogP) is 5.40. The monoisotopic (exact) mass is 340 g/mol. The van der Waals surface area contributed by atoms with E-state index < -0.39 is 0 Å². The standard InChI is InChI=1S/C22H28O3/c1-21(2,3)17-12-16(13-19(14-17)24-7)20(23)15-8-10-18(11-9-15)25-22(4,5)6/h8-14H,1-7H3. The average molecular weight is 340 g/mol. The number of benzene rings is 2. The normalized spacial score (nSPS) is 12.0. The van der Waals surface area contributed by atoms with Gasteiger partial charge < -0.3 is 9.47 Å². The van der Waals surface area contributed by atoms with Crippen LogP contribution in [0, 0.1) is 0 Å². The first-order valence-electron chi connectivity index (χ1n) is 8.53. The Kier molecular flexibility index (Phi) is 5.26.